The number of likely N-dealkylation sites (N-methyl/N-ethyl adjacent to an activating group) is 1. The van der Waals surface area contributed by atoms with Gasteiger partial charge in [-0.15, -0.1) is 0 Å². The fourth-order valence-corrected chi connectivity index (χ4v) is 3.43. The van der Waals surface area contributed by atoms with Crippen LogP contribution in [0.15, 0.2) is 46.4 Å². The summed E-state index contributed by atoms with van der Waals surface area (Å²) >= 11 is 0. The van der Waals surface area contributed by atoms with Crippen LogP contribution in [0.2, 0.25) is 0 Å². The third-order valence-corrected chi connectivity index (χ3v) is 5.30. The smallest absolute Gasteiger partial charge is 0.239 e. The van der Waals surface area contributed by atoms with E-state index in [4.69, 9.17) is 0 Å². The Balaban J connectivity index is 0.00000210. The molecule has 2 N–H and O–H groups in total. The van der Waals surface area contributed by atoms with Gasteiger partial charge in [-0.2, -0.15) is 0 Å². The Morgan fingerprint density at radius 1 is 1.26 bits per heavy atom. The number of halogens is 1. The number of carbonyl (C=O) groups excluding carboxylic acids is 2. The molecule has 0 bridgehead atoms. The Bertz CT molecular complexity index is 1070. The van der Waals surface area contributed by atoms with E-state index in [2.05, 4.69) is 20.6 Å². The summed E-state index contributed by atoms with van der Waals surface area (Å²) in [5, 5.41) is 5.99. The Morgan fingerprint density at radius 2 is 2.03 bits per heavy atom. The first-order valence-corrected chi connectivity index (χ1v) is 11.7. The molecule has 0 saturated carbocycles. The fraction of sp³-hybridized carbons (Fsp3) is 0.385. The van der Waals surface area contributed by atoms with Gasteiger partial charge in [0.15, 0.2) is 12.2 Å². The van der Waals surface area contributed by atoms with Crippen LogP contribution in [0.1, 0.15) is 35.3 Å². The van der Waals surface area contributed by atoms with Gasteiger partial charge in [0.05, 0.1) is 18.6 Å². The summed E-state index contributed by atoms with van der Waals surface area (Å²) in [6.07, 6.45) is 2.92. The van der Waals surface area contributed by atoms with Gasteiger partial charge >= 0.3 is 0 Å². The summed E-state index contributed by atoms with van der Waals surface area (Å²) in [5.74, 6) is 0.303. The lowest BCUT2D eigenvalue weighted by Gasteiger charge is -2.29. The number of hydrogen-bond acceptors (Lipinski definition) is 4. The standard InChI is InChI=1S/C24H29FN6O2.C2H6/c1-17-4-5-18(21(25)12-17)8-10-30(3)16-28-22-13-20(7-6-19(22)15-32)29-24(26-2)31-11-9-27-23(33)14-31;1-2/h4-7,12-13,15-16H,8-11,14H2,1-3H3,(H,26,29)(H,27,33);1-2H3. The Labute approximate surface area is 206 Å². The van der Waals surface area contributed by atoms with E-state index < -0.39 is 0 Å². The third kappa shape index (κ3) is 8.20. The van der Waals surface area contributed by atoms with E-state index >= 15 is 0 Å². The molecular formula is C26H35FN6O2. The highest BCUT2D eigenvalue weighted by Gasteiger charge is 2.19. The monoisotopic (exact) mass is 482 g/mol. The molecule has 35 heavy (non-hydrogen) atoms. The first-order chi connectivity index (χ1) is 16.9. The topological polar surface area (TPSA) is 89.4 Å². The predicted octanol–water partition coefficient (Wildman–Crippen LogP) is 3.64. The minimum absolute atomic E-state index is 0.0562. The average molecular weight is 483 g/mol. The number of nitrogens with zero attached hydrogens (tertiary/aromatic N) is 4. The molecule has 0 aromatic heterocycles. The van der Waals surface area contributed by atoms with E-state index in [-0.39, 0.29) is 18.3 Å². The van der Waals surface area contributed by atoms with Gasteiger partial charge in [-0.05, 0) is 48.7 Å². The van der Waals surface area contributed by atoms with Gasteiger partial charge in [0.2, 0.25) is 5.91 Å². The van der Waals surface area contributed by atoms with Crippen LogP contribution in [0.25, 0.3) is 0 Å². The van der Waals surface area contributed by atoms with Crippen LogP contribution in [-0.4, -0.2) is 74.6 Å². The Kier molecular flexibility index (Phi) is 10.9. The SMILES string of the molecule is CC.CN=C(Nc1ccc(C=O)c(N=CN(C)CCc2ccc(C)cc2F)c1)N1CCNC(=O)C1. The van der Waals surface area contributed by atoms with Crippen LogP contribution in [0.5, 0.6) is 0 Å². The van der Waals surface area contributed by atoms with Crippen LogP contribution in [0.3, 0.4) is 0 Å². The highest BCUT2D eigenvalue weighted by molar-refractivity contribution is 5.97. The van der Waals surface area contributed by atoms with Crippen LogP contribution in [-0.2, 0) is 11.2 Å². The van der Waals surface area contributed by atoms with Gasteiger partial charge in [-0.1, -0.05) is 26.0 Å². The molecule has 1 aliphatic heterocycles. The van der Waals surface area contributed by atoms with E-state index in [0.29, 0.717) is 54.5 Å². The number of benzene rings is 2. The van der Waals surface area contributed by atoms with Crippen molar-refractivity contribution >= 4 is 35.9 Å². The molecule has 9 heteroatoms. The molecular weight excluding hydrogens is 447 g/mol. The molecule has 3 rings (SSSR count). The van der Waals surface area contributed by atoms with Gasteiger partial charge in [0.25, 0.3) is 0 Å². The molecule has 8 nitrogen and oxygen atoms in total. The second-order valence-corrected chi connectivity index (χ2v) is 7.91. The van der Waals surface area contributed by atoms with E-state index in [9.17, 15) is 14.0 Å². The summed E-state index contributed by atoms with van der Waals surface area (Å²) in [5.41, 5.74) is 3.18. The first kappa shape index (κ1) is 27.5. The molecule has 0 unspecified atom stereocenters. The minimum Gasteiger partial charge on any atom is -0.365 e. The number of carbonyl (C=O) groups is 2. The zero-order valence-electron chi connectivity index (χ0n) is 21.1. The molecule has 188 valence electrons. The summed E-state index contributed by atoms with van der Waals surface area (Å²) in [4.78, 5) is 35.6. The molecule has 0 atom stereocenters. The quantitative estimate of drug-likeness (QED) is 0.357. The van der Waals surface area contributed by atoms with Crippen LogP contribution < -0.4 is 10.6 Å². The largest absolute Gasteiger partial charge is 0.365 e. The van der Waals surface area contributed by atoms with Crippen molar-refractivity contribution in [2.45, 2.75) is 27.2 Å². The fourth-order valence-electron chi connectivity index (χ4n) is 3.43. The summed E-state index contributed by atoms with van der Waals surface area (Å²) in [7, 11) is 3.50. The first-order valence-electron chi connectivity index (χ1n) is 11.7. The lowest BCUT2D eigenvalue weighted by atomic mass is 10.1. The Hall–Kier alpha value is -3.75. The molecule has 1 saturated heterocycles. The normalized spacial score (nSPS) is 13.7. The number of anilines is 1. The number of aldehydes is 1. The highest BCUT2D eigenvalue weighted by Crippen LogP contribution is 2.23. The van der Waals surface area contributed by atoms with E-state index in [1.165, 1.54) is 6.07 Å². The zero-order valence-corrected chi connectivity index (χ0v) is 21.1. The molecule has 1 fully saturated rings. The van der Waals surface area contributed by atoms with Crippen LogP contribution >= 0.6 is 0 Å². The molecule has 0 aliphatic carbocycles. The van der Waals surface area contributed by atoms with Crippen molar-refractivity contribution in [1.29, 1.82) is 0 Å². The molecule has 1 heterocycles. The Morgan fingerprint density at radius 3 is 2.69 bits per heavy atom. The molecule has 0 spiro atoms. The maximum Gasteiger partial charge on any atom is 0.239 e. The lowest BCUT2D eigenvalue weighted by molar-refractivity contribution is -0.122. The lowest BCUT2D eigenvalue weighted by Crippen LogP contribution is -2.51. The molecule has 1 aliphatic rings. The van der Waals surface area contributed by atoms with Crippen molar-refractivity contribution in [3.63, 3.8) is 0 Å². The number of nitrogens with one attached hydrogen (secondary N) is 2. The number of rotatable bonds is 7. The number of guanidine groups is 1. The summed E-state index contributed by atoms with van der Waals surface area (Å²) < 4.78 is 14.1. The zero-order chi connectivity index (χ0) is 25.8. The van der Waals surface area contributed by atoms with Gasteiger partial charge in [-0.3, -0.25) is 14.6 Å². The second kappa shape index (κ2) is 13.8. The summed E-state index contributed by atoms with van der Waals surface area (Å²) in [6, 6.07) is 10.4. The van der Waals surface area contributed by atoms with Crippen molar-refractivity contribution in [2.24, 2.45) is 9.98 Å². The van der Waals surface area contributed by atoms with Crippen LogP contribution in [0, 0.1) is 12.7 Å². The van der Waals surface area contributed by atoms with Crippen molar-refractivity contribution in [3.05, 3.63) is 58.9 Å². The number of aliphatic imine (C=N–C) groups is 2. The molecule has 0 radical (unpaired) electrons. The van der Waals surface area contributed by atoms with E-state index in [1.807, 2.05) is 43.7 Å². The number of aryl methyl sites for hydroxylation is 1. The minimum atomic E-state index is -0.207. The summed E-state index contributed by atoms with van der Waals surface area (Å²) in [6.45, 7) is 7.86. The van der Waals surface area contributed by atoms with Crippen molar-refractivity contribution in [2.75, 3.05) is 45.6 Å². The highest BCUT2D eigenvalue weighted by atomic mass is 19.1. The maximum atomic E-state index is 14.1. The predicted molar refractivity (Wildman–Crippen MR) is 140 cm³/mol. The van der Waals surface area contributed by atoms with Gasteiger partial charge in [0, 0.05) is 45.0 Å². The number of piperazine rings is 1. The van der Waals surface area contributed by atoms with Crippen LogP contribution in [0.4, 0.5) is 15.8 Å². The average Bonchev–Trinajstić information content (AvgIpc) is 2.86. The van der Waals surface area contributed by atoms with Gasteiger partial charge in [0.1, 0.15) is 5.82 Å². The van der Waals surface area contributed by atoms with Gasteiger partial charge < -0.3 is 20.4 Å². The van der Waals surface area contributed by atoms with Crippen molar-refractivity contribution < 1.29 is 14.0 Å². The number of hydrogen-bond donors (Lipinski definition) is 2. The third-order valence-electron chi connectivity index (χ3n) is 5.30. The van der Waals surface area contributed by atoms with Crippen molar-refractivity contribution in [3.8, 4) is 0 Å². The van der Waals surface area contributed by atoms with Crippen molar-refractivity contribution in [1.82, 2.24) is 15.1 Å². The van der Waals surface area contributed by atoms with Gasteiger partial charge in [-0.25, -0.2) is 9.38 Å². The van der Waals surface area contributed by atoms with E-state index in [0.717, 1.165) is 11.8 Å². The molecule has 1 amide bonds. The second-order valence-electron chi connectivity index (χ2n) is 7.91. The molecule has 2 aromatic rings. The molecule has 2 aromatic carbocycles. The number of amides is 1. The van der Waals surface area contributed by atoms with E-state index in [1.54, 1.807) is 37.7 Å². The maximum absolute atomic E-state index is 14.1.